The number of hydrogen-bond donors (Lipinski definition) is 1. The van der Waals surface area contributed by atoms with Crippen LogP contribution < -0.4 is 11.3 Å². The second-order valence-corrected chi connectivity index (χ2v) is 5.99. The van der Waals surface area contributed by atoms with Crippen molar-refractivity contribution in [3.8, 4) is 0 Å². The van der Waals surface area contributed by atoms with Crippen molar-refractivity contribution in [3.05, 3.63) is 52.6 Å². The van der Waals surface area contributed by atoms with Crippen molar-refractivity contribution in [1.82, 2.24) is 9.78 Å². The highest BCUT2D eigenvalue weighted by molar-refractivity contribution is 7.91. The average Bonchev–Trinajstić information content (AvgIpc) is 2.40. The van der Waals surface area contributed by atoms with E-state index in [2.05, 4.69) is 5.10 Å². The number of benzene rings is 1. The number of carbonyl (C=O) groups excluding carboxylic acids is 1. The first-order chi connectivity index (χ1) is 9.80. The molecule has 1 aromatic carbocycles. The van der Waals surface area contributed by atoms with Gasteiger partial charge in [0.15, 0.2) is 5.03 Å². The summed E-state index contributed by atoms with van der Waals surface area (Å²) in [7, 11) is -4.10. The molecule has 0 spiro atoms. The van der Waals surface area contributed by atoms with Gasteiger partial charge in [-0.3, -0.25) is 9.59 Å². The van der Waals surface area contributed by atoms with Gasteiger partial charge in [0, 0.05) is 6.07 Å². The molecule has 0 atom stereocenters. The first-order valence-electron chi connectivity index (χ1n) is 5.68. The van der Waals surface area contributed by atoms with Crippen LogP contribution in [-0.2, 0) is 21.2 Å². The number of amides is 1. The molecular formula is C12H10FN3O4S. The summed E-state index contributed by atoms with van der Waals surface area (Å²) in [6.07, 6.45) is 0. The number of halogens is 1. The Kier molecular flexibility index (Phi) is 3.85. The van der Waals surface area contributed by atoms with Crippen LogP contribution in [0, 0.1) is 5.82 Å². The number of aromatic nitrogens is 2. The lowest BCUT2D eigenvalue weighted by atomic mass is 10.4. The molecule has 7 nitrogen and oxygen atoms in total. The molecule has 0 aliphatic carbocycles. The highest BCUT2D eigenvalue weighted by Crippen LogP contribution is 2.18. The van der Waals surface area contributed by atoms with E-state index in [0.717, 1.165) is 24.3 Å². The summed E-state index contributed by atoms with van der Waals surface area (Å²) < 4.78 is 38.3. The highest BCUT2D eigenvalue weighted by Gasteiger charge is 2.21. The summed E-state index contributed by atoms with van der Waals surface area (Å²) in [4.78, 5) is 22.0. The van der Waals surface area contributed by atoms with Gasteiger partial charge in [-0.15, -0.1) is 0 Å². The molecule has 9 heteroatoms. The molecule has 0 aliphatic rings. The molecule has 2 N–H and O–H groups in total. The molecule has 21 heavy (non-hydrogen) atoms. The second kappa shape index (κ2) is 5.44. The van der Waals surface area contributed by atoms with E-state index >= 15 is 0 Å². The quantitative estimate of drug-likeness (QED) is 0.833. The summed E-state index contributed by atoms with van der Waals surface area (Å²) in [6, 6.07) is 6.30. The fourth-order valence-corrected chi connectivity index (χ4v) is 2.81. The summed E-state index contributed by atoms with van der Waals surface area (Å²) >= 11 is 0. The molecule has 0 saturated carbocycles. The minimum absolute atomic E-state index is 0.306. The van der Waals surface area contributed by atoms with E-state index < -0.39 is 38.7 Å². The van der Waals surface area contributed by atoms with E-state index in [1.807, 2.05) is 0 Å². The third-order valence-corrected chi connectivity index (χ3v) is 4.17. The smallest absolute Gasteiger partial charge is 0.267 e. The lowest BCUT2D eigenvalue weighted by Crippen LogP contribution is -2.30. The van der Waals surface area contributed by atoms with E-state index in [-0.39, 0.29) is 4.90 Å². The topological polar surface area (TPSA) is 112 Å². The zero-order chi connectivity index (χ0) is 15.6. The molecule has 0 saturated heterocycles. The average molecular weight is 311 g/mol. The SMILES string of the molecule is NC(=O)Cn1nc(S(=O)(=O)c2cccc(F)c2)ccc1=O. The van der Waals surface area contributed by atoms with Gasteiger partial charge in [0.25, 0.3) is 5.56 Å². The van der Waals surface area contributed by atoms with Crippen LogP contribution in [-0.4, -0.2) is 24.1 Å². The van der Waals surface area contributed by atoms with Crippen LogP contribution in [0.3, 0.4) is 0 Å². The maximum absolute atomic E-state index is 13.1. The number of nitrogens with zero attached hydrogens (tertiary/aromatic N) is 2. The van der Waals surface area contributed by atoms with Crippen molar-refractivity contribution >= 4 is 15.7 Å². The number of primary amides is 1. The Morgan fingerprint density at radius 1 is 1.29 bits per heavy atom. The molecule has 1 amide bonds. The summed E-state index contributed by atoms with van der Waals surface area (Å²) in [5.41, 5.74) is 4.27. The molecule has 0 aliphatic heterocycles. The Morgan fingerprint density at radius 2 is 2.00 bits per heavy atom. The predicted octanol–water partition coefficient (Wildman–Crippen LogP) is -0.300. The van der Waals surface area contributed by atoms with E-state index in [4.69, 9.17) is 5.73 Å². The Bertz CT molecular complexity index is 861. The van der Waals surface area contributed by atoms with E-state index in [1.54, 1.807) is 0 Å². The van der Waals surface area contributed by atoms with Gasteiger partial charge in [0.05, 0.1) is 4.90 Å². The Hall–Kier alpha value is -2.55. The van der Waals surface area contributed by atoms with Gasteiger partial charge < -0.3 is 5.73 Å². The first kappa shape index (κ1) is 14.9. The fraction of sp³-hybridized carbons (Fsp3) is 0.0833. The van der Waals surface area contributed by atoms with Crippen LogP contribution in [0.5, 0.6) is 0 Å². The van der Waals surface area contributed by atoms with Crippen molar-refractivity contribution in [2.75, 3.05) is 0 Å². The van der Waals surface area contributed by atoms with Crippen molar-refractivity contribution < 1.29 is 17.6 Å². The van der Waals surface area contributed by atoms with Crippen molar-refractivity contribution in [3.63, 3.8) is 0 Å². The molecule has 1 heterocycles. The third kappa shape index (κ3) is 3.14. The summed E-state index contributed by atoms with van der Waals surface area (Å²) in [5, 5.41) is 3.11. The number of carbonyl (C=O) groups is 1. The number of rotatable bonds is 4. The second-order valence-electron chi connectivity index (χ2n) is 4.09. The normalized spacial score (nSPS) is 11.3. The standard InChI is InChI=1S/C12H10FN3O4S/c13-8-2-1-3-9(6-8)21(19,20)11-4-5-12(18)16(15-11)7-10(14)17/h1-6H,7H2,(H2,14,17). The number of nitrogens with two attached hydrogens (primary N) is 1. The summed E-state index contributed by atoms with van der Waals surface area (Å²) in [5.74, 6) is -1.56. The van der Waals surface area contributed by atoms with Crippen LogP contribution in [0.25, 0.3) is 0 Å². The Morgan fingerprint density at radius 3 is 2.62 bits per heavy atom. The molecule has 0 bridgehead atoms. The van der Waals surface area contributed by atoms with Gasteiger partial charge >= 0.3 is 0 Å². The maximum Gasteiger partial charge on any atom is 0.267 e. The first-order valence-corrected chi connectivity index (χ1v) is 7.16. The molecule has 2 aromatic rings. The predicted molar refractivity (Wildman–Crippen MR) is 69.5 cm³/mol. The van der Waals surface area contributed by atoms with Crippen LogP contribution in [0.1, 0.15) is 0 Å². The zero-order valence-corrected chi connectivity index (χ0v) is 11.4. The molecule has 1 aromatic heterocycles. The minimum atomic E-state index is -4.10. The van der Waals surface area contributed by atoms with E-state index in [9.17, 15) is 22.4 Å². The number of sulfone groups is 1. The van der Waals surface area contributed by atoms with E-state index in [0.29, 0.717) is 4.68 Å². The zero-order valence-electron chi connectivity index (χ0n) is 10.6. The lowest BCUT2D eigenvalue weighted by molar-refractivity contribution is -0.118. The molecule has 0 radical (unpaired) electrons. The minimum Gasteiger partial charge on any atom is -0.368 e. The Labute approximate surface area is 118 Å². The van der Waals surface area contributed by atoms with Gasteiger partial charge in [-0.2, -0.15) is 5.10 Å². The van der Waals surface area contributed by atoms with Gasteiger partial charge in [-0.05, 0) is 24.3 Å². The van der Waals surface area contributed by atoms with Crippen LogP contribution in [0.4, 0.5) is 4.39 Å². The largest absolute Gasteiger partial charge is 0.368 e. The number of hydrogen-bond acceptors (Lipinski definition) is 5. The van der Waals surface area contributed by atoms with Gasteiger partial charge in [-0.1, -0.05) is 6.07 Å². The van der Waals surface area contributed by atoms with Crippen molar-refractivity contribution in [2.45, 2.75) is 16.5 Å². The molecule has 0 fully saturated rings. The monoisotopic (exact) mass is 311 g/mol. The molecular weight excluding hydrogens is 301 g/mol. The lowest BCUT2D eigenvalue weighted by Gasteiger charge is -2.06. The van der Waals surface area contributed by atoms with E-state index in [1.165, 1.54) is 12.1 Å². The highest BCUT2D eigenvalue weighted by atomic mass is 32.2. The van der Waals surface area contributed by atoms with Gasteiger partial charge in [0.1, 0.15) is 12.4 Å². The summed E-state index contributed by atoms with van der Waals surface area (Å²) in [6.45, 7) is -0.550. The Balaban J connectivity index is 2.55. The molecule has 110 valence electrons. The van der Waals surface area contributed by atoms with Crippen LogP contribution >= 0.6 is 0 Å². The van der Waals surface area contributed by atoms with Crippen LogP contribution in [0.15, 0.2) is 51.1 Å². The van der Waals surface area contributed by atoms with Crippen LogP contribution in [0.2, 0.25) is 0 Å². The van der Waals surface area contributed by atoms with Crippen molar-refractivity contribution in [1.29, 1.82) is 0 Å². The third-order valence-electron chi connectivity index (χ3n) is 2.53. The molecule has 0 unspecified atom stereocenters. The van der Waals surface area contributed by atoms with Crippen molar-refractivity contribution in [2.24, 2.45) is 5.73 Å². The fourth-order valence-electron chi connectivity index (χ4n) is 1.59. The van der Waals surface area contributed by atoms with Gasteiger partial charge in [-0.25, -0.2) is 17.5 Å². The van der Waals surface area contributed by atoms with Gasteiger partial charge in [0.2, 0.25) is 15.7 Å². The maximum atomic E-state index is 13.1. The molecule has 2 rings (SSSR count).